The van der Waals surface area contributed by atoms with Gasteiger partial charge in [-0.2, -0.15) is 5.10 Å². The van der Waals surface area contributed by atoms with E-state index in [0.29, 0.717) is 5.02 Å². The predicted molar refractivity (Wildman–Crippen MR) is 136 cm³/mol. The molecule has 8 nitrogen and oxygen atoms in total. The van der Waals surface area contributed by atoms with E-state index in [9.17, 15) is 5.11 Å². The highest BCUT2D eigenvalue weighted by molar-refractivity contribution is 7.13. The molecular formula is C23H25Cl2N7OS. The zero-order chi connectivity index (χ0) is 22.9. The van der Waals surface area contributed by atoms with Crippen LogP contribution in [-0.4, -0.2) is 42.8 Å². The maximum absolute atomic E-state index is 9.75. The van der Waals surface area contributed by atoms with Gasteiger partial charge in [0.2, 0.25) is 0 Å². The molecule has 4 aromatic heterocycles. The van der Waals surface area contributed by atoms with Gasteiger partial charge in [-0.25, -0.2) is 14.5 Å². The van der Waals surface area contributed by atoms with Crippen LogP contribution in [-0.2, 0) is 6.42 Å². The summed E-state index contributed by atoms with van der Waals surface area (Å²) >= 11 is 7.93. The molecule has 0 unspecified atom stereocenters. The van der Waals surface area contributed by atoms with E-state index in [1.54, 1.807) is 12.4 Å². The van der Waals surface area contributed by atoms with E-state index in [1.807, 2.05) is 30.5 Å². The predicted octanol–water partition coefficient (Wildman–Crippen LogP) is 4.49. The molecule has 0 saturated carbocycles. The van der Waals surface area contributed by atoms with Crippen molar-refractivity contribution >= 4 is 46.7 Å². The normalized spacial score (nSPS) is 18.9. The lowest BCUT2D eigenvalue weighted by atomic mass is 9.74. The summed E-state index contributed by atoms with van der Waals surface area (Å²) in [5.74, 6) is 0.933. The van der Waals surface area contributed by atoms with Crippen molar-refractivity contribution in [1.82, 2.24) is 24.6 Å². The fraction of sp³-hybridized carbons (Fsp3) is 0.391. The Morgan fingerprint density at radius 1 is 1.15 bits per heavy atom. The molecule has 2 aliphatic rings. The number of aromatic hydroxyl groups is 1. The molecule has 1 aliphatic carbocycles. The van der Waals surface area contributed by atoms with Gasteiger partial charge in [0, 0.05) is 35.8 Å². The van der Waals surface area contributed by atoms with Crippen molar-refractivity contribution < 1.29 is 5.11 Å². The van der Waals surface area contributed by atoms with E-state index in [0.717, 1.165) is 76.9 Å². The fourth-order valence-electron chi connectivity index (χ4n) is 5.44. The summed E-state index contributed by atoms with van der Waals surface area (Å²) < 4.78 is 1.94. The van der Waals surface area contributed by atoms with Crippen LogP contribution in [0.3, 0.4) is 0 Å². The number of thiazole rings is 1. The van der Waals surface area contributed by atoms with E-state index in [-0.39, 0.29) is 29.1 Å². The number of nitrogens with two attached hydrogens (primary N) is 1. The van der Waals surface area contributed by atoms with E-state index in [1.165, 1.54) is 11.3 Å². The van der Waals surface area contributed by atoms with E-state index < -0.39 is 0 Å². The van der Waals surface area contributed by atoms with Crippen LogP contribution in [0, 0.1) is 19.3 Å². The van der Waals surface area contributed by atoms with Gasteiger partial charge in [0.1, 0.15) is 5.52 Å². The van der Waals surface area contributed by atoms with E-state index >= 15 is 0 Å². The third-order valence-electron chi connectivity index (χ3n) is 7.26. The summed E-state index contributed by atoms with van der Waals surface area (Å²) in [6, 6.07) is 3.84. The van der Waals surface area contributed by atoms with Gasteiger partial charge in [-0.1, -0.05) is 22.9 Å². The molecule has 5 heterocycles. The summed E-state index contributed by atoms with van der Waals surface area (Å²) in [5, 5.41) is 15.1. The van der Waals surface area contributed by atoms with Crippen molar-refractivity contribution in [3.63, 3.8) is 0 Å². The maximum atomic E-state index is 9.75. The number of halogens is 2. The molecule has 11 heteroatoms. The van der Waals surface area contributed by atoms with Crippen LogP contribution in [0.25, 0.3) is 16.8 Å². The molecule has 1 fully saturated rings. The Kier molecular flexibility index (Phi) is 5.71. The molecule has 1 atom stereocenters. The SMILES string of the molecule is Cc1nccc(-c2c(C)nc(N3CCC4(CC3)Cc3nc(O)sc3[C@H]4N)c3ccnn23)c1Cl.Cl. The Balaban J connectivity index is 0.00000241. The van der Waals surface area contributed by atoms with Crippen LogP contribution < -0.4 is 10.6 Å². The van der Waals surface area contributed by atoms with Crippen LogP contribution in [0.4, 0.5) is 5.82 Å². The quantitative estimate of drug-likeness (QED) is 0.403. The zero-order valence-electron chi connectivity index (χ0n) is 18.8. The van der Waals surface area contributed by atoms with Crippen molar-refractivity contribution in [2.75, 3.05) is 18.0 Å². The number of fused-ring (bicyclic) bond motifs is 2. The van der Waals surface area contributed by atoms with Gasteiger partial charge in [0.15, 0.2) is 5.82 Å². The van der Waals surface area contributed by atoms with Gasteiger partial charge in [-0.05, 0) is 50.7 Å². The van der Waals surface area contributed by atoms with E-state index in [4.69, 9.17) is 22.3 Å². The molecule has 34 heavy (non-hydrogen) atoms. The number of piperidine rings is 1. The monoisotopic (exact) mass is 517 g/mol. The lowest BCUT2D eigenvalue weighted by Gasteiger charge is -2.42. The van der Waals surface area contributed by atoms with Crippen molar-refractivity contribution in [3.8, 4) is 16.5 Å². The fourth-order valence-corrected chi connectivity index (χ4v) is 6.61. The van der Waals surface area contributed by atoms with Crippen molar-refractivity contribution in [2.24, 2.45) is 11.1 Å². The second-order valence-electron chi connectivity index (χ2n) is 9.07. The molecule has 1 aliphatic heterocycles. The Labute approximate surface area is 212 Å². The minimum Gasteiger partial charge on any atom is -0.486 e. The molecule has 0 amide bonds. The number of anilines is 1. The van der Waals surface area contributed by atoms with Gasteiger partial charge in [0.25, 0.3) is 5.19 Å². The highest BCUT2D eigenvalue weighted by atomic mass is 35.5. The second kappa shape index (κ2) is 8.34. The zero-order valence-corrected chi connectivity index (χ0v) is 21.2. The Hall–Kier alpha value is -2.46. The smallest absolute Gasteiger partial charge is 0.271 e. The Bertz CT molecular complexity index is 1390. The van der Waals surface area contributed by atoms with Crippen molar-refractivity contribution in [1.29, 1.82) is 0 Å². The van der Waals surface area contributed by atoms with Crippen LogP contribution in [0.1, 0.15) is 40.8 Å². The van der Waals surface area contributed by atoms with Gasteiger partial charge in [0.05, 0.1) is 34.0 Å². The number of aryl methyl sites for hydroxylation is 2. The highest BCUT2D eigenvalue weighted by Crippen LogP contribution is 2.53. The first kappa shape index (κ1) is 23.3. The van der Waals surface area contributed by atoms with Crippen molar-refractivity contribution in [3.05, 3.63) is 51.5 Å². The second-order valence-corrected chi connectivity index (χ2v) is 10.5. The molecule has 4 aromatic rings. The molecule has 3 N–H and O–H groups in total. The minimum absolute atomic E-state index is 0. The lowest BCUT2D eigenvalue weighted by Crippen LogP contribution is -2.44. The number of pyridine rings is 1. The van der Waals surface area contributed by atoms with Gasteiger partial charge in [-0.3, -0.25) is 4.98 Å². The number of hydrogen-bond acceptors (Lipinski definition) is 8. The van der Waals surface area contributed by atoms with Crippen LogP contribution in [0.15, 0.2) is 24.5 Å². The molecular weight excluding hydrogens is 493 g/mol. The van der Waals surface area contributed by atoms with Crippen LogP contribution >= 0.6 is 35.3 Å². The third kappa shape index (κ3) is 3.37. The molecule has 0 aromatic carbocycles. The molecule has 6 rings (SSSR count). The summed E-state index contributed by atoms with van der Waals surface area (Å²) in [7, 11) is 0. The topological polar surface area (TPSA) is 105 Å². The van der Waals surface area contributed by atoms with Gasteiger partial charge in [-0.15, -0.1) is 12.4 Å². The van der Waals surface area contributed by atoms with Crippen LogP contribution in [0.5, 0.6) is 5.19 Å². The molecule has 0 radical (unpaired) electrons. The molecule has 178 valence electrons. The molecule has 1 saturated heterocycles. The summed E-state index contributed by atoms with van der Waals surface area (Å²) in [6.45, 7) is 5.61. The minimum atomic E-state index is -0.0721. The van der Waals surface area contributed by atoms with E-state index in [2.05, 4.69) is 20.0 Å². The molecule has 1 spiro atoms. The summed E-state index contributed by atoms with van der Waals surface area (Å²) in [4.78, 5) is 17.0. The third-order valence-corrected chi connectivity index (χ3v) is 8.72. The average molecular weight is 518 g/mol. The highest BCUT2D eigenvalue weighted by Gasteiger charge is 2.48. The number of nitrogens with zero attached hydrogens (tertiary/aromatic N) is 6. The average Bonchev–Trinajstić information content (AvgIpc) is 3.47. The van der Waals surface area contributed by atoms with Gasteiger partial charge >= 0.3 is 0 Å². The van der Waals surface area contributed by atoms with Crippen LogP contribution in [0.2, 0.25) is 5.02 Å². The first-order valence-corrected chi connectivity index (χ1v) is 12.2. The lowest BCUT2D eigenvalue weighted by molar-refractivity contribution is 0.187. The Morgan fingerprint density at radius 3 is 2.65 bits per heavy atom. The molecule has 0 bridgehead atoms. The first-order chi connectivity index (χ1) is 15.9. The maximum Gasteiger partial charge on any atom is 0.271 e. The Morgan fingerprint density at radius 2 is 1.91 bits per heavy atom. The number of hydrogen-bond donors (Lipinski definition) is 2. The number of rotatable bonds is 2. The summed E-state index contributed by atoms with van der Waals surface area (Å²) in [6.07, 6.45) is 6.32. The number of aromatic nitrogens is 5. The standard InChI is InChI=1S/C23H24ClN7OS.ClH/c1-12-17(24)14(3-7-26-12)18-13(2)28-21(16-4-8-27-31(16)18)30-9-5-23(6-10-30)11-15-19(20(23)25)33-22(32)29-15;/h3-4,7-8,20H,5-6,9-11,25H2,1-2H3,(H,29,32);1H/t20-;/m1./s1. The first-order valence-electron chi connectivity index (χ1n) is 11.0. The van der Waals surface area contributed by atoms with Gasteiger partial charge < -0.3 is 15.7 Å². The summed E-state index contributed by atoms with van der Waals surface area (Å²) in [5.41, 5.74) is 12.0. The van der Waals surface area contributed by atoms with Crippen molar-refractivity contribution in [2.45, 2.75) is 39.2 Å². The largest absolute Gasteiger partial charge is 0.486 e.